The van der Waals surface area contributed by atoms with Gasteiger partial charge in [0.25, 0.3) is 11.8 Å². The smallest absolute Gasteiger partial charge is 0.290 e. The van der Waals surface area contributed by atoms with Crippen LogP contribution in [0.4, 0.5) is 8.78 Å². The molecule has 0 radical (unpaired) electrons. The van der Waals surface area contributed by atoms with E-state index < -0.39 is 11.1 Å². The highest BCUT2D eigenvalue weighted by atomic mass is 35.5. The van der Waals surface area contributed by atoms with Crippen molar-refractivity contribution in [1.82, 2.24) is 24.7 Å². The molecule has 2 aromatic carbocycles. The van der Waals surface area contributed by atoms with E-state index in [0.29, 0.717) is 72.7 Å². The van der Waals surface area contributed by atoms with Crippen LogP contribution in [-0.4, -0.2) is 103 Å². The van der Waals surface area contributed by atoms with Crippen molar-refractivity contribution in [2.75, 3.05) is 39.3 Å². The van der Waals surface area contributed by atoms with Gasteiger partial charge in [0.1, 0.15) is 22.7 Å². The van der Waals surface area contributed by atoms with Gasteiger partial charge < -0.3 is 46.4 Å². The van der Waals surface area contributed by atoms with Gasteiger partial charge in [-0.1, -0.05) is 41.5 Å². The molecule has 1 saturated carbocycles. The minimum absolute atomic E-state index is 0. The third-order valence-electron chi connectivity index (χ3n) is 13.6. The van der Waals surface area contributed by atoms with Crippen LogP contribution >= 0.6 is 0 Å². The summed E-state index contributed by atoms with van der Waals surface area (Å²) in [6.07, 6.45) is 0.959. The van der Waals surface area contributed by atoms with Crippen LogP contribution in [-0.2, 0) is 15.6 Å². The fraction of sp³-hybridized carbons (Fsp3) is 0.463. The Balaban J connectivity index is 0.000000229. The van der Waals surface area contributed by atoms with Crippen molar-refractivity contribution in [3.05, 3.63) is 107 Å². The molecule has 0 spiro atoms. The van der Waals surface area contributed by atoms with Crippen LogP contribution in [0.2, 0.25) is 0 Å². The van der Waals surface area contributed by atoms with Crippen molar-refractivity contribution in [3.63, 3.8) is 0 Å². The maximum atomic E-state index is 13.7. The number of quaternary nitrogens is 1. The molecule has 4 aromatic heterocycles. The van der Waals surface area contributed by atoms with Crippen LogP contribution in [0.3, 0.4) is 0 Å². The van der Waals surface area contributed by atoms with Gasteiger partial charge in [0, 0.05) is 61.4 Å². The predicted molar refractivity (Wildman–Crippen MR) is 260 cm³/mol. The highest BCUT2D eigenvalue weighted by Gasteiger charge is 2.47. The minimum atomic E-state index is -0.758. The Bertz CT molecular complexity index is 2890. The summed E-state index contributed by atoms with van der Waals surface area (Å²) in [7, 11) is 0. The number of nitrogens with zero attached hydrogens (tertiary/aromatic N) is 5. The normalized spacial score (nSPS) is 20.2. The summed E-state index contributed by atoms with van der Waals surface area (Å²) in [6.45, 7) is 26.0. The van der Waals surface area contributed by atoms with Gasteiger partial charge in [0.05, 0.1) is 47.7 Å². The van der Waals surface area contributed by atoms with E-state index in [-0.39, 0.29) is 71.2 Å². The van der Waals surface area contributed by atoms with E-state index in [4.69, 9.17) is 18.8 Å². The Kier molecular flexibility index (Phi) is 13.8. The molecule has 0 atom stereocenters. The summed E-state index contributed by atoms with van der Waals surface area (Å²) in [5.41, 5.74) is 5.22. The summed E-state index contributed by atoms with van der Waals surface area (Å²) in [4.78, 5) is 55.0. The number of carbonyl (C=O) groups excluding carboxylic acids is 3. The van der Waals surface area contributed by atoms with Gasteiger partial charge in [-0.2, -0.15) is 0 Å². The van der Waals surface area contributed by atoms with Crippen LogP contribution in [0, 0.1) is 17.6 Å². The lowest BCUT2D eigenvalue weighted by Crippen LogP contribution is -3.00. The summed E-state index contributed by atoms with van der Waals surface area (Å²) in [5, 5.41) is 12.3. The first-order chi connectivity index (χ1) is 31.7. The number of amides is 3. The summed E-state index contributed by atoms with van der Waals surface area (Å²) >= 11 is 0. The molecule has 69 heavy (non-hydrogen) atoms. The van der Waals surface area contributed by atoms with Crippen molar-refractivity contribution >= 4 is 39.9 Å². The van der Waals surface area contributed by atoms with Crippen LogP contribution < -0.4 is 17.7 Å². The van der Waals surface area contributed by atoms with Crippen molar-refractivity contribution in [1.29, 1.82) is 0 Å². The molecule has 9 rings (SSSR count). The zero-order valence-electron chi connectivity index (χ0n) is 41.6. The second kappa shape index (κ2) is 18.6. The van der Waals surface area contributed by atoms with E-state index in [1.807, 2.05) is 35.8 Å². The second-order valence-electron chi connectivity index (χ2n) is 22.5. The van der Waals surface area contributed by atoms with Crippen molar-refractivity contribution in [3.8, 4) is 22.5 Å². The van der Waals surface area contributed by atoms with Gasteiger partial charge >= 0.3 is 0 Å². The van der Waals surface area contributed by atoms with Crippen molar-refractivity contribution in [2.24, 2.45) is 5.92 Å². The third-order valence-corrected chi connectivity index (χ3v) is 13.6. The number of rotatable bonds is 5. The molecule has 3 amide bonds. The summed E-state index contributed by atoms with van der Waals surface area (Å²) < 4.78 is 39.2. The second-order valence-corrected chi connectivity index (χ2v) is 22.5. The van der Waals surface area contributed by atoms with Gasteiger partial charge in [-0.05, 0) is 119 Å². The number of hydrogen-bond donors (Lipinski definition) is 2. The monoisotopic (exact) mass is 970 g/mol. The molecule has 1 aliphatic carbocycles. The Morgan fingerprint density at radius 2 is 1.12 bits per heavy atom. The van der Waals surface area contributed by atoms with E-state index >= 15 is 0 Å². The number of carbonyl (C=O) groups is 3. The molecule has 370 valence electrons. The van der Waals surface area contributed by atoms with Crippen LogP contribution in [0.15, 0.2) is 81.6 Å². The summed E-state index contributed by atoms with van der Waals surface area (Å²) in [5.74, 6) is -0.529. The SMILES string of the molecule is CC(C)(C)c1cc(-c2ccc(F)cc2)nc2cc(C(=O)N3CC[NH2+]CC3(C)C)oc12.CC1(O)CC(C(=O)N2CCN(C(=O)c3cc4nc(-c5ccc(F)cc5)cc(C(C)(C)C)c4o3)C(C)(C)C2)C1.[3HH].[Cl-]. The number of benzene rings is 2. The molecule has 12 nitrogen and oxygen atoms in total. The lowest BCUT2D eigenvalue weighted by Gasteiger charge is -2.49. The molecule has 3 aliphatic rings. The number of pyridine rings is 2. The largest absolute Gasteiger partial charge is 1.00 e. The lowest BCUT2D eigenvalue weighted by molar-refractivity contribution is -0.673. The van der Waals surface area contributed by atoms with Crippen LogP contribution in [0.25, 0.3) is 44.7 Å². The van der Waals surface area contributed by atoms with Crippen LogP contribution in [0.5, 0.6) is 0 Å². The van der Waals surface area contributed by atoms with Crippen molar-refractivity contribution < 1.29 is 56.3 Å². The number of aliphatic hydroxyl groups is 1. The quantitative estimate of drug-likeness (QED) is 0.210. The molecule has 2 aliphatic heterocycles. The number of aromatic nitrogens is 2. The third kappa shape index (κ3) is 10.6. The van der Waals surface area contributed by atoms with E-state index in [1.165, 1.54) is 24.3 Å². The Labute approximate surface area is 410 Å². The van der Waals surface area contributed by atoms with E-state index in [1.54, 1.807) is 48.2 Å². The number of fused-ring (bicyclic) bond motifs is 2. The topological polar surface area (TPSA) is 150 Å². The van der Waals surface area contributed by atoms with Gasteiger partial charge in [-0.3, -0.25) is 14.4 Å². The number of furan rings is 2. The van der Waals surface area contributed by atoms with Gasteiger partial charge in [-0.15, -0.1) is 0 Å². The van der Waals surface area contributed by atoms with Crippen LogP contribution in [0.1, 0.15) is 123 Å². The molecule has 15 heteroatoms. The van der Waals surface area contributed by atoms with E-state index in [2.05, 4.69) is 60.7 Å². The van der Waals surface area contributed by atoms with Gasteiger partial charge in [0.15, 0.2) is 22.7 Å². The molecule has 6 aromatic rings. The highest BCUT2D eigenvalue weighted by molar-refractivity contribution is 5.98. The standard InChI is InChI=1S/C30H36FN3O4.C24H28FN3O2.ClH.H2/c1-28(2,3)21-13-22(18-7-9-20(31)10-8-18)32-23-14-24(38-25(21)23)27(36)34-12-11-33(17-29(34,4)5)26(35)19-15-30(6,37)16-19;1-23(2,3)17-12-18(15-6-8-16(25)9-7-15)27-19-13-20(30-21(17)19)22(29)28-11-10-26-14-24(28,4)5;;/h7-10,13-14,19,37H,11-12,15-17H2,1-6H3;6-9,12-13,26H,10-11,14H2,1-5H3;2*1H/i;;;1+2. The molecular weight excluding hydrogens is 902 g/mol. The molecule has 3 N–H and O–H groups in total. The zero-order chi connectivity index (χ0) is 49.3. The van der Waals surface area contributed by atoms with E-state index in [0.717, 1.165) is 41.0 Å². The van der Waals surface area contributed by atoms with Gasteiger partial charge in [0.2, 0.25) is 5.91 Å². The maximum absolute atomic E-state index is 13.7. The Morgan fingerprint density at radius 3 is 1.51 bits per heavy atom. The highest BCUT2D eigenvalue weighted by Crippen LogP contribution is 2.40. The number of piperazine rings is 2. The molecule has 6 heterocycles. The first-order valence-corrected chi connectivity index (χ1v) is 23.6. The fourth-order valence-electron chi connectivity index (χ4n) is 9.79. The van der Waals surface area contributed by atoms with Crippen molar-refractivity contribution in [2.45, 2.75) is 117 Å². The molecule has 2 saturated heterocycles. The number of halogens is 3. The van der Waals surface area contributed by atoms with Gasteiger partial charge in [-0.25, -0.2) is 18.7 Å². The number of hydrogen-bond acceptors (Lipinski definition) is 8. The average molecular weight is 972 g/mol. The Morgan fingerprint density at radius 1 is 0.681 bits per heavy atom. The molecule has 3 fully saturated rings. The molecule has 0 bridgehead atoms. The lowest BCUT2D eigenvalue weighted by atomic mass is 9.71. The average Bonchev–Trinajstić information content (AvgIpc) is 3.89. The molecule has 0 unspecified atom stereocenters. The summed E-state index contributed by atoms with van der Waals surface area (Å²) in [6, 6.07) is 19.8. The number of nitrogens with two attached hydrogens (primary N) is 1. The van der Waals surface area contributed by atoms with E-state index in [9.17, 15) is 28.3 Å². The zero-order valence-corrected chi connectivity index (χ0v) is 42.4. The Hall–Kier alpha value is -5.70. The maximum Gasteiger partial charge on any atom is 0.290 e. The molecular formula is C54H67ClF2N6O6. The minimum Gasteiger partial charge on any atom is -1.00 e. The first kappa shape index (κ1) is 51.2. The fourth-order valence-corrected chi connectivity index (χ4v) is 9.79. The predicted octanol–water partition coefficient (Wildman–Crippen LogP) is 6.13. The first-order valence-electron chi connectivity index (χ1n) is 23.6.